The maximum absolute atomic E-state index is 5.42. The van der Waals surface area contributed by atoms with Gasteiger partial charge in [0.15, 0.2) is 0 Å². The Morgan fingerprint density at radius 2 is 2.13 bits per heavy atom. The van der Waals surface area contributed by atoms with Crippen LogP contribution in [-0.2, 0) is 0 Å². The van der Waals surface area contributed by atoms with Gasteiger partial charge >= 0.3 is 0 Å². The molecule has 0 fully saturated rings. The fraction of sp³-hybridized carbons (Fsp3) is 0.182. The predicted molar refractivity (Wildman–Crippen MR) is 60.8 cm³/mol. The molecule has 0 saturated heterocycles. The van der Waals surface area contributed by atoms with Gasteiger partial charge in [-0.15, -0.1) is 0 Å². The molecule has 1 heterocycles. The molecule has 1 aromatic heterocycles. The number of aromatic nitrogens is 1. The van der Waals surface area contributed by atoms with E-state index in [1.807, 2.05) is 31.2 Å². The molecule has 3 N–H and O–H groups in total. The highest BCUT2D eigenvalue weighted by Gasteiger charge is 2.04. The molecule has 0 saturated carbocycles. The third-order valence-corrected chi connectivity index (χ3v) is 2.30. The second-order valence-electron chi connectivity index (χ2n) is 3.34. The predicted octanol–water partition coefficient (Wildman–Crippen LogP) is 1.84. The summed E-state index contributed by atoms with van der Waals surface area (Å²) in [4.78, 5) is 4.30. The van der Waals surface area contributed by atoms with Crippen molar-refractivity contribution < 1.29 is 4.74 Å². The van der Waals surface area contributed by atoms with Gasteiger partial charge in [0.05, 0.1) is 7.11 Å². The maximum Gasteiger partial charge on any atom is 0.148 e. The number of nitrogens with zero attached hydrogens (tertiary/aromatic N) is 1. The zero-order valence-corrected chi connectivity index (χ0v) is 8.74. The topological polar surface area (TPSA) is 60.2 Å². The van der Waals surface area contributed by atoms with Crippen molar-refractivity contribution in [2.45, 2.75) is 6.92 Å². The SMILES string of the molecule is COc1ccc2cc(C)nc(NN)c2c1. The van der Waals surface area contributed by atoms with Crippen molar-refractivity contribution in [2.75, 3.05) is 12.5 Å². The summed E-state index contributed by atoms with van der Waals surface area (Å²) in [6.07, 6.45) is 0. The summed E-state index contributed by atoms with van der Waals surface area (Å²) in [6, 6.07) is 7.83. The summed E-state index contributed by atoms with van der Waals surface area (Å²) in [5.41, 5.74) is 3.53. The number of hydrazine groups is 1. The Kier molecular flexibility index (Phi) is 2.43. The first-order valence-corrected chi connectivity index (χ1v) is 4.66. The standard InChI is InChI=1S/C11H13N3O/c1-7-5-8-3-4-9(15-2)6-10(8)11(13-7)14-12/h3-6H,12H2,1-2H3,(H,13,14). The molecular formula is C11H13N3O. The molecule has 0 aliphatic heterocycles. The smallest absolute Gasteiger partial charge is 0.148 e. The van der Waals surface area contributed by atoms with Gasteiger partial charge in [-0.3, -0.25) is 0 Å². The third kappa shape index (κ3) is 1.71. The number of nitrogens with one attached hydrogen (secondary N) is 1. The monoisotopic (exact) mass is 203 g/mol. The molecule has 1 aromatic carbocycles. The molecule has 0 spiro atoms. The van der Waals surface area contributed by atoms with E-state index in [1.165, 1.54) is 0 Å². The largest absolute Gasteiger partial charge is 0.497 e. The first-order chi connectivity index (χ1) is 7.24. The summed E-state index contributed by atoms with van der Waals surface area (Å²) < 4.78 is 5.16. The van der Waals surface area contributed by atoms with Crippen LogP contribution in [0.15, 0.2) is 24.3 Å². The van der Waals surface area contributed by atoms with Crippen LogP contribution < -0.4 is 16.0 Å². The first kappa shape index (κ1) is 9.73. The fourth-order valence-electron chi connectivity index (χ4n) is 1.60. The van der Waals surface area contributed by atoms with Crippen LogP contribution >= 0.6 is 0 Å². The molecule has 0 aliphatic rings. The second kappa shape index (κ2) is 3.74. The van der Waals surface area contributed by atoms with E-state index in [9.17, 15) is 0 Å². The summed E-state index contributed by atoms with van der Waals surface area (Å²) in [7, 11) is 1.64. The molecule has 2 rings (SSSR count). The van der Waals surface area contributed by atoms with E-state index in [1.54, 1.807) is 7.11 Å². The van der Waals surface area contributed by atoms with Gasteiger partial charge in [-0.05, 0) is 30.5 Å². The van der Waals surface area contributed by atoms with Gasteiger partial charge in [-0.2, -0.15) is 0 Å². The average Bonchev–Trinajstić information content (AvgIpc) is 2.27. The van der Waals surface area contributed by atoms with Gasteiger partial charge in [0, 0.05) is 11.1 Å². The van der Waals surface area contributed by atoms with Crippen LogP contribution in [0.5, 0.6) is 5.75 Å². The fourth-order valence-corrected chi connectivity index (χ4v) is 1.60. The molecule has 0 radical (unpaired) electrons. The molecule has 78 valence electrons. The van der Waals surface area contributed by atoms with Gasteiger partial charge in [0.1, 0.15) is 11.6 Å². The number of hydrogen-bond donors (Lipinski definition) is 2. The number of methoxy groups -OCH3 is 1. The normalized spacial score (nSPS) is 10.3. The van der Waals surface area contributed by atoms with Crippen LogP contribution in [0, 0.1) is 6.92 Å². The van der Waals surface area contributed by atoms with Crippen molar-refractivity contribution in [3.8, 4) is 5.75 Å². The second-order valence-corrected chi connectivity index (χ2v) is 3.34. The Morgan fingerprint density at radius 1 is 1.33 bits per heavy atom. The highest BCUT2D eigenvalue weighted by atomic mass is 16.5. The van der Waals surface area contributed by atoms with E-state index in [0.29, 0.717) is 5.82 Å². The van der Waals surface area contributed by atoms with Gasteiger partial charge in [-0.25, -0.2) is 10.8 Å². The van der Waals surface area contributed by atoms with Gasteiger partial charge < -0.3 is 10.2 Å². The van der Waals surface area contributed by atoms with E-state index in [-0.39, 0.29) is 0 Å². The van der Waals surface area contributed by atoms with Crippen LogP contribution in [-0.4, -0.2) is 12.1 Å². The molecule has 0 aliphatic carbocycles. The molecule has 0 unspecified atom stereocenters. The zero-order chi connectivity index (χ0) is 10.8. The number of ether oxygens (including phenoxy) is 1. The van der Waals surface area contributed by atoms with E-state index >= 15 is 0 Å². The Balaban J connectivity index is 2.73. The Labute approximate surface area is 88.0 Å². The van der Waals surface area contributed by atoms with Crippen LogP contribution in [0.1, 0.15) is 5.69 Å². The molecule has 0 atom stereocenters. The minimum Gasteiger partial charge on any atom is -0.497 e. The molecule has 4 nitrogen and oxygen atoms in total. The van der Waals surface area contributed by atoms with Crippen LogP contribution in [0.4, 0.5) is 5.82 Å². The Bertz CT molecular complexity index is 496. The molecule has 15 heavy (non-hydrogen) atoms. The van der Waals surface area contributed by atoms with E-state index in [0.717, 1.165) is 22.2 Å². The lowest BCUT2D eigenvalue weighted by Gasteiger charge is -2.08. The van der Waals surface area contributed by atoms with E-state index in [2.05, 4.69) is 10.4 Å². The number of hydrogen-bond acceptors (Lipinski definition) is 4. The number of benzene rings is 1. The van der Waals surface area contributed by atoms with Crippen LogP contribution in [0.3, 0.4) is 0 Å². The van der Waals surface area contributed by atoms with Crippen molar-refractivity contribution in [3.63, 3.8) is 0 Å². The number of pyridine rings is 1. The number of aryl methyl sites for hydroxylation is 1. The van der Waals surface area contributed by atoms with Crippen molar-refractivity contribution in [1.29, 1.82) is 0 Å². The number of fused-ring (bicyclic) bond motifs is 1. The van der Waals surface area contributed by atoms with Crippen molar-refractivity contribution in [3.05, 3.63) is 30.0 Å². The van der Waals surface area contributed by atoms with Gasteiger partial charge in [0.2, 0.25) is 0 Å². The number of anilines is 1. The molecule has 0 bridgehead atoms. The van der Waals surface area contributed by atoms with Crippen molar-refractivity contribution in [1.82, 2.24) is 4.98 Å². The quantitative estimate of drug-likeness (QED) is 0.577. The Morgan fingerprint density at radius 3 is 2.80 bits per heavy atom. The van der Waals surface area contributed by atoms with E-state index in [4.69, 9.17) is 10.6 Å². The van der Waals surface area contributed by atoms with Crippen molar-refractivity contribution >= 4 is 16.6 Å². The first-order valence-electron chi connectivity index (χ1n) is 4.66. The van der Waals surface area contributed by atoms with Crippen LogP contribution in [0.2, 0.25) is 0 Å². The minimum atomic E-state index is 0.670. The lowest BCUT2D eigenvalue weighted by Crippen LogP contribution is -2.09. The lowest BCUT2D eigenvalue weighted by atomic mass is 10.1. The highest BCUT2D eigenvalue weighted by Crippen LogP contribution is 2.26. The zero-order valence-electron chi connectivity index (χ0n) is 8.74. The molecule has 0 amide bonds. The number of rotatable bonds is 2. The molecule has 2 aromatic rings. The maximum atomic E-state index is 5.42. The lowest BCUT2D eigenvalue weighted by molar-refractivity contribution is 0.415. The number of nitrogen functional groups attached to an aromatic ring is 1. The van der Waals surface area contributed by atoms with Crippen molar-refractivity contribution in [2.24, 2.45) is 5.84 Å². The van der Waals surface area contributed by atoms with Crippen LogP contribution in [0.25, 0.3) is 10.8 Å². The highest BCUT2D eigenvalue weighted by molar-refractivity contribution is 5.93. The molecular weight excluding hydrogens is 190 g/mol. The Hall–Kier alpha value is -1.81. The summed E-state index contributed by atoms with van der Waals surface area (Å²) in [5, 5.41) is 2.05. The summed E-state index contributed by atoms with van der Waals surface area (Å²) in [5.74, 6) is 6.89. The third-order valence-electron chi connectivity index (χ3n) is 2.30. The van der Waals surface area contributed by atoms with E-state index < -0.39 is 0 Å². The minimum absolute atomic E-state index is 0.670. The van der Waals surface area contributed by atoms with Gasteiger partial charge in [0.25, 0.3) is 0 Å². The number of nitrogens with two attached hydrogens (primary N) is 1. The molecule has 4 heteroatoms. The summed E-state index contributed by atoms with van der Waals surface area (Å²) in [6.45, 7) is 1.94. The van der Waals surface area contributed by atoms with Gasteiger partial charge in [-0.1, -0.05) is 6.07 Å². The summed E-state index contributed by atoms with van der Waals surface area (Å²) >= 11 is 0. The average molecular weight is 203 g/mol.